The molecule has 1 heterocycles. The second-order valence-electron chi connectivity index (χ2n) is 4.33. The molecule has 1 aromatic heterocycles. The molecule has 1 unspecified atom stereocenters. The Labute approximate surface area is 104 Å². The average Bonchev–Trinajstić information content (AvgIpc) is 2.59. The van der Waals surface area contributed by atoms with Gasteiger partial charge in [0.1, 0.15) is 0 Å². The summed E-state index contributed by atoms with van der Waals surface area (Å²) < 4.78 is 0. The molecule has 2 aromatic rings. The highest BCUT2D eigenvalue weighted by atomic mass is 35.5. The maximum Gasteiger partial charge on any atom is 0.0662 e. The van der Waals surface area contributed by atoms with Gasteiger partial charge in [-0.15, -0.1) is 0 Å². The van der Waals surface area contributed by atoms with Crippen molar-refractivity contribution in [2.24, 2.45) is 5.73 Å². The Morgan fingerprint density at radius 2 is 2.12 bits per heavy atom. The number of hydrogen-bond donors (Lipinski definition) is 2. The Balaban J connectivity index is 2.36. The van der Waals surface area contributed by atoms with Crippen LogP contribution in [0.25, 0.3) is 10.9 Å². The fourth-order valence-electron chi connectivity index (χ4n) is 2.52. The Kier molecular flexibility index (Phi) is 2.39. The molecule has 1 aromatic carbocycles. The maximum atomic E-state index is 6.17. The lowest BCUT2D eigenvalue weighted by molar-refractivity contribution is 0.562. The first-order valence-electron chi connectivity index (χ1n) is 5.42. The van der Waals surface area contributed by atoms with Crippen molar-refractivity contribution in [3.8, 4) is 0 Å². The van der Waals surface area contributed by atoms with Crippen molar-refractivity contribution < 1.29 is 0 Å². The molecule has 0 saturated heterocycles. The second-order valence-corrected chi connectivity index (χ2v) is 5.17. The van der Waals surface area contributed by atoms with Gasteiger partial charge in [-0.05, 0) is 37.0 Å². The van der Waals surface area contributed by atoms with Crippen LogP contribution in [-0.2, 0) is 6.42 Å². The Morgan fingerprint density at radius 1 is 1.31 bits per heavy atom. The van der Waals surface area contributed by atoms with Crippen LogP contribution in [-0.4, -0.2) is 4.98 Å². The van der Waals surface area contributed by atoms with Crippen molar-refractivity contribution >= 4 is 34.1 Å². The van der Waals surface area contributed by atoms with E-state index in [0.29, 0.717) is 10.0 Å². The molecule has 4 heteroatoms. The molecule has 1 aliphatic rings. The van der Waals surface area contributed by atoms with E-state index < -0.39 is 0 Å². The zero-order valence-electron chi connectivity index (χ0n) is 8.69. The van der Waals surface area contributed by atoms with Crippen molar-refractivity contribution in [3.63, 3.8) is 0 Å². The van der Waals surface area contributed by atoms with Crippen LogP contribution in [0.4, 0.5) is 0 Å². The van der Waals surface area contributed by atoms with E-state index in [2.05, 4.69) is 4.98 Å². The van der Waals surface area contributed by atoms with Gasteiger partial charge in [0.15, 0.2) is 0 Å². The van der Waals surface area contributed by atoms with Gasteiger partial charge >= 0.3 is 0 Å². The molecule has 3 rings (SSSR count). The van der Waals surface area contributed by atoms with Crippen LogP contribution < -0.4 is 5.73 Å². The fraction of sp³-hybridized carbons (Fsp3) is 0.333. The van der Waals surface area contributed by atoms with E-state index >= 15 is 0 Å². The van der Waals surface area contributed by atoms with E-state index in [4.69, 9.17) is 28.9 Å². The van der Waals surface area contributed by atoms with Crippen LogP contribution in [0.1, 0.15) is 30.1 Å². The zero-order chi connectivity index (χ0) is 11.3. The first kappa shape index (κ1) is 10.5. The van der Waals surface area contributed by atoms with E-state index in [0.717, 1.165) is 35.9 Å². The SMILES string of the molecule is NC1CCCc2c1[nH]c1c(Cl)cc(Cl)cc21. The average molecular weight is 255 g/mol. The van der Waals surface area contributed by atoms with Gasteiger partial charge in [-0.2, -0.15) is 0 Å². The highest BCUT2D eigenvalue weighted by Crippen LogP contribution is 2.37. The first-order chi connectivity index (χ1) is 7.66. The largest absolute Gasteiger partial charge is 0.356 e. The third-order valence-electron chi connectivity index (χ3n) is 3.28. The summed E-state index contributed by atoms with van der Waals surface area (Å²) in [5.41, 5.74) is 9.48. The molecule has 3 N–H and O–H groups in total. The standard InChI is InChI=1S/C12H12Cl2N2/c13-6-4-8-7-2-1-3-10(15)12(7)16-11(8)9(14)5-6/h4-5,10,16H,1-3,15H2. The van der Waals surface area contributed by atoms with Gasteiger partial charge < -0.3 is 10.7 Å². The van der Waals surface area contributed by atoms with Crippen molar-refractivity contribution in [1.29, 1.82) is 0 Å². The smallest absolute Gasteiger partial charge is 0.0662 e. The third kappa shape index (κ3) is 1.45. The van der Waals surface area contributed by atoms with Gasteiger partial charge in [-0.3, -0.25) is 0 Å². The lowest BCUT2D eigenvalue weighted by Crippen LogP contribution is -2.16. The maximum absolute atomic E-state index is 6.17. The van der Waals surface area contributed by atoms with Gasteiger partial charge in [0.05, 0.1) is 10.5 Å². The number of aromatic amines is 1. The minimum absolute atomic E-state index is 0.103. The van der Waals surface area contributed by atoms with E-state index in [1.165, 1.54) is 5.56 Å². The zero-order valence-corrected chi connectivity index (χ0v) is 10.2. The van der Waals surface area contributed by atoms with Crippen molar-refractivity contribution in [2.45, 2.75) is 25.3 Å². The number of halogens is 2. The van der Waals surface area contributed by atoms with Crippen LogP contribution in [0.2, 0.25) is 10.0 Å². The van der Waals surface area contributed by atoms with Crippen LogP contribution in [0.3, 0.4) is 0 Å². The lowest BCUT2D eigenvalue weighted by Gasteiger charge is -2.18. The highest BCUT2D eigenvalue weighted by molar-refractivity contribution is 6.38. The van der Waals surface area contributed by atoms with E-state index in [1.54, 1.807) is 6.07 Å². The summed E-state index contributed by atoms with van der Waals surface area (Å²) in [5, 5.41) is 2.48. The molecular formula is C12H12Cl2N2. The molecule has 1 atom stereocenters. The quantitative estimate of drug-likeness (QED) is 0.738. The topological polar surface area (TPSA) is 41.8 Å². The number of rotatable bonds is 0. The van der Waals surface area contributed by atoms with E-state index in [1.807, 2.05) is 6.07 Å². The van der Waals surface area contributed by atoms with Crippen molar-refractivity contribution in [2.75, 3.05) is 0 Å². The molecule has 0 fully saturated rings. The van der Waals surface area contributed by atoms with Crippen molar-refractivity contribution in [1.82, 2.24) is 4.98 Å². The number of hydrogen-bond acceptors (Lipinski definition) is 1. The van der Waals surface area contributed by atoms with Gasteiger partial charge in [0, 0.05) is 22.1 Å². The molecule has 84 valence electrons. The molecular weight excluding hydrogens is 243 g/mol. The van der Waals surface area contributed by atoms with Crippen LogP contribution in [0.15, 0.2) is 12.1 Å². The Bertz CT molecular complexity index is 560. The molecule has 0 spiro atoms. The first-order valence-corrected chi connectivity index (χ1v) is 6.17. The summed E-state index contributed by atoms with van der Waals surface area (Å²) in [4.78, 5) is 3.35. The van der Waals surface area contributed by atoms with Crippen LogP contribution in [0.5, 0.6) is 0 Å². The number of nitrogens with one attached hydrogen (secondary N) is 1. The predicted octanol–water partition coefficient (Wildman–Crippen LogP) is 3.81. The summed E-state index contributed by atoms with van der Waals surface area (Å²) >= 11 is 12.2. The molecule has 0 bridgehead atoms. The second kappa shape index (κ2) is 3.66. The van der Waals surface area contributed by atoms with Crippen LogP contribution >= 0.6 is 23.2 Å². The minimum Gasteiger partial charge on any atom is -0.356 e. The van der Waals surface area contributed by atoms with Crippen LogP contribution in [0, 0.1) is 0 Å². The summed E-state index contributed by atoms with van der Waals surface area (Å²) in [6.45, 7) is 0. The number of aromatic nitrogens is 1. The number of aryl methyl sites for hydroxylation is 1. The van der Waals surface area contributed by atoms with Gasteiger partial charge in [0.25, 0.3) is 0 Å². The summed E-state index contributed by atoms with van der Waals surface area (Å²) in [5.74, 6) is 0. The predicted molar refractivity (Wildman–Crippen MR) is 68.2 cm³/mol. The van der Waals surface area contributed by atoms with Gasteiger partial charge in [-0.25, -0.2) is 0 Å². The number of fused-ring (bicyclic) bond motifs is 3. The monoisotopic (exact) mass is 254 g/mol. The molecule has 2 nitrogen and oxygen atoms in total. The summed E-state index contributed by atoms with van der Waals surface area (Å²) in [7, 11) is 0. The molecule has 0 saturated carbocycles. The highest BCUT2D eigenvalue weighted by Gasteiger charge is 2.22. The molecule has 0 radical (unpaired) electrons. The van der Waals surface area contributed by atoms with Gasteiger partial charge in [0.2, 0.25) is 0 Å². The lowest BCUT2D eigenvalue weighted by atomic mass is 9.92. The van der Waals surface area contributed by atoms with Crippen molar-refractivity contribution in [3.05, 3.63) is 33.4 Å². The van der Waals surface area contributed by atoms with Gasteiger partial charge in [-0.1, -0.05) is 23.2 Å². The van der Waals surface area contributed by atoms with E-state index in [9.17, 15) is 0 Å². The number of H-pyrrole nitrogens is 1. The summed E-state index contributed by atoms with van der Waals surface area (Å²) in [6.07, 6.45) is 3.22. The molecule has 1 aliphatic carbocycles. The minimum atomic E-state index is 0.103. The summed E-state index contributed by atoms with van der Waals surface area (Å²) in [6, 6.07) is 3.83. The third-order valence-corrected chi connectivity index (χ3v) is 3.79. The Hall–Kier alpha value is -0.700. The van der Waals surface area contributed by atoms with E-state index in [-0.39, 0.29) is 6.04 Å². The molecule has 16 heavy (non-hydrogen) atoms. The fourth-order valence-corrected chi connectivity index (χ4v) is 3.06. The molecule has 0 amide bonds. The Morgan fingerprint density at radius 3 is 2.94 bits per heavy atom. The molecule has 0 aliphatic heterocycles. The number of nitrogens with two attached hydrogens (primary N) is 1. The normalized spacial score (nSPS) is 20.1. The number of benzene rings is 1.